The summed E-state index contributed by atoms with van der Waals surface area (Å²) in [6, 6.07) is 8.18. The van der Waals surface area contributed by atoms with E-state index in [2.05, 4.69) is 4.98 Å². The summed E-state index contributed by atoms with van der Waals surface area (Å²) in [5.41, 5.74) is 2.03. The number of benzene rings is 1. The third-order valence-corrected chi connectivity index (χ3v) is 2.94. The number of nitrogens with zero attached hydrogens (tertiary/aromatic N) is 1. The van der Waals surface area contributed by atoms with Gasteiger partial charge in [0.05, 0.1) is 13.2 Å². The van der Waals surface area contributed by atoms with Crippen LogP contribution in [0, 0.1) is 12.7 Å². The molecule has 1 N–H and O–H groups in total. The van der Waals surface area contributed by atoms with Gasteiger partial charge < -0.3 is 9.84 Å². The maximum absolute atomic E-state index is 13.8. The average Bonchev–Trinajstić information content (AvgIpc) is 2.41. The number of hydrogen-bond donors (Lipinski definition) is 1. The zero-order valence-electron chi connectivity index (χ0n) is 10.9. The Morgan fingerprint density at radius 2 is 2.11 bits per heavy atom. The highest BCUT2D eigenvalue weighted by atomic mass is 19.1. The molecule has 0 aliphatic rings. The zero-order chi connectivity index (χ0) is 13.8. The molecule has 0 fully saturated rings. The molecule has 1 atom stereocenters. The van der Waals surface area contributed by atoms with Crippen LogP contribution in [0.2, 0.25) is 0 Å². The molecule has 1 aromatic carbocycles. The Bertz CT molecular complexity index is 555. The normalized spacial score (nSPS) is 12.2. The molecule has 3 nitrogen and oxygen atoms in total. The SMILES string of the molecule is COc1ccc(C(O)Cc2ccc(C)cn2)c(F)c1. The molecule has 1 heterocycles. The molecule has 1 unspecified atom stereocenters. The zero-order valence-corrected chi connectivity index (χ0v) is 10.9. The van der Waals surface area contributed by atoms with E-state index >= 15 is 0 Å². The highest BCUT2D eigenvalue weighted by Crippen LogP contribution is 2.24. The molecular formula is C15H16FNO2. The molecule has 0 radical (unpaired) electrons. The van der Waals surface area contributed by atoms with Crippen LogP contribution in [0.15, 0.2) is 36.5 Å². The largest absolute Gasteiger partial charge is 0.497 e. The van der Waals surface area contributed by atoms with Crippen LogP contribution < -0.4 is 4.74 Å². The molecule has 1 aromatic heterocycles. The van der Waals surface area contributed by atoms with Crippen molar-refractivity contribution < 1.29 is 14.2 Å². The summed E-state index contributed by atoms with van der Waals surface area (Å²) in [5.74, 6) is -0.0409. The second kappa shape index (κ2) is 5.80. The third kappa shape index (κ3) is 3.29. The van der Waals surface area contributed by atoms with Gasteiger partial charge in [0.1, 0.15) is 11.6 Å². The first-order valence-corrected chi connectivity index (χ1v) is 6.03. The molecule has 0 aliphatic heterocycles. The number of pyridine rings is 1. The molecule has 0 spiro atoms. The number of hydrogen-bond acceptors (Lipinski definition) is 3. The molecule has 0 bridgehead atoms. The number of aliphatic hydroxyl groups is 1. The number of methoxy groups -OCH3 is 1. The lowest BCUT2D eigenvalue weighted by Crippen LogP contribution is -2.06. The molecule has 100 valence electrons. The highest BCUT2D eigenvalue weighted by Gasteiger charge is 2.14. The molecule has 19 heavy (non-hydrogen) atoms. The number of aryl methyl sites for hydroxylation is 1. The number of halogens is 1. The second-order valence-corrected chi connectivity index (χ2v) is 4.43. The van der Waals surface area contributed by atoms with Gasteiger partial charge in [-0.1, -0.05) is 6.07 Å². The Morgan fingerprint density at radius 1 is 1.32 bits per heavy atom. The van der Waals surface area contributed by atoms with E-state index < -0.39 is 11.9 Å². The van der Waals surface area contributed by atoms with E-state index in [4.69, 9.17) is 4.74 Å². The standard InChI is InChI=1S/C15H16FNO2/c1-10-3-4-11(17-9-10)7-15(18)13-6-5-12(19-2)8-14(13)16/h3-6,8-9,15,18H,7H2,1-2H3. The molecule has 0 saturated carbocycles. The second-order valence-electron chi connectivity index (χ2n) is 4.43. The van der Waals surface area contributed by atoms with Crippen molar-refractivity contribution >= 4 is 0 Å². The highest BCUT2D eigenvalue weighted by molar-refractivity contribution is 5.30. The van der Waals surface area contributed by atoms with Gasteiger partial charge in [-0.2, -0.15) is 0 Å². The maximum Gasteiger partial charge on any atom is 0.132 e. The number of ether oxygens (including phenoxy) is 1. The molecule has 0 amide bonds. The van der Waals surface area contributed by atoms with Crippen molar-refractivity contribution in [2.24, 2.45) is 0 Å². The molecule has 2 rings (SSSR count). The summed E-state index contributed by atoms with van der Waals surface area (Å²) < 4.78 is 18.7. The van der Waals surface area contributed by atoms with E-state index in [1.54, 1.807) is 12.3 Å². The van der Waals surface area contributed by atoms with E-state index in [1.165, 1.54) is 19.2 Å². The molecule has 4 heteroatoms. The number of rotatable bonds is 4. The van der Waals surface area contributed by atoms with E-state index in [0.717, 1.165) is 11.3 Å². The van der Waals surface area contributed by atoms with Crippen LogP contribution in [-0.4, -0.2) is 17.2 Å². The third-order valence-electron chi connectivity index (χ3n) is 2.94. The fourth-order valence-electron chi connectivity index (χ4n) is 1.83. The number of aromatic nitrogens is 1. The minimum atomic E-state index is -0.916. The summed E-state index contributed by atoms with van der Waals surface area (Å²) in [6.07, 6.45) is 1.09. The Morgan fingerprint density at radius 3 is 2.68 bits per heavy atom. The van der Waals surface area contributed by atoms with Crippen molar-refractivity contribution in [3.8, 4) is 5.75 Å². The Balaban J connectivity index is 2.15. The summed E-state index contributed by atoms with van der Waals surface area (Å²) >= 11 is 0. The minimum Gasteiger partial charge on any atom is -0.497 e. The summed E-state index contributed by atoms with van der Waals surface area (Å²) in [7, 11) is 1.47. The van der Waals surface area contributed by atoms with Crippen LogP contribution >= 0.6 is 0 Å². The summed E-state index contributed by atoms with van der Waals surface area (Å²) in [6.45, 7) is 1.94. The van der Waals surface area contributed by atoms with Crippen LogP contribution in [-0.2, 0) is 6.42 Å². The number of aliphatic hydroxyl groups excluding tert-OH is 1. The van der Waals surface area contributed by atoms with Crippen molar-refractivity contribution in [3.63, 3.8) is 0 Å². The van der Waals surface area contributed by atoms with Gasteiger partial charge in [0.2, 0.25) is 0 Å². The van der Waals surface area contributed by atoms with Crippen LogP contribution in [0.4, 0.5) is 4.39 Å². The van der Waals surface area contributed by atoms with Gasteiger partial charge in [0.25, 0.3) is 0 Å². The summed E-state index contributed by atoms with van der Waals surface area (Å²) in [4.78, 5) is 4.20. The minimum absolute atomic E-state index is 0.253. The molecule has 0 aliphatic carbocycles. The van der Waals surface area contributed by atoms with Gasteiger partial charge >= 0.3 is 0 Å². The molecule has 0 saturated heterocycles. The van der Waals surface area contributed by atoms with Gasteiger partial charge in [0, 0.05) is 29.9 Å². The first-order chi connectivity index (χ1) is 9.10. The van der Waals surface area contributed by atoms with E-state index in [1.807, 2.05) is 19.1 Å². The molecule has 2 aromatic rings. The topological polar surface area (TPSA) is 42.4 Å². The Labute approximate surface area is 111 Å². The predicted octanol–water partition coefficient (Wildman–Crippen LogP) is 2.81. The first-order valence-electron chi connectivity index (χ1n) is 6.03. The van der Waals surface area contributed by atoms with Crippen molar-refractivity contribution in [1.82, 2.24) is 4.98 Å². The van der Waals surface area contributed by atoms with Crippen molar-refractivity contribution in [1.29, 1.82) is 0 Å². The van der Waals surface area contributed by atoms with Crippen molar-refractivity contribution in [2.45, 2.75) is 19.4 Å². The van der Waals surface area contributed by atoms with Crippen LogP contribution in [0.1, 0.15) is 22.9 Å². The average molecular weight is 261 g/mol. The van der Waals surface area contributed by atoms with Crippen LogP contribution in [0.3, 0.4) is 0 Å². The quantitative estimate of drug-likeness (QED) is 0.920. The van der Waals surface area contributed by atoms with Crippen LogP contribution in [0.25, 0.3) is 0 Å². The summed E-state index contributed by atoms with van der Waals surface area (Å²) in [5, 5.41) is 10.1. The fourth-order valence-corrected chi connectivity index (χ4v) is 1.83. The van der Waals surface area contributed by atoms with E-state index in [0.29, 0.717) is 5.75 Å². The fraction of sp³-hybridized carbons (Fsp3) is 0.267. The van der Waals surface area contributed by atoms with E-state index in [-0.39, 0.29) is 12.0 Å². The van der Waals surface area contributed by atoms with Gasteiger partial charge in [0.15, 0.2) is 0 Å². The smallest absolute Gasteiger partial charge is 0.132 e. The lowest BCUT2D eigenvalue weighted by molar-refractivity contribution is 0.172. The first kappa shape index (κ1) is 13.5. The van der Waals surface area contributed by atoms with Crippen molar-refractivity contribution in [3.05, 3.63) is 59.2 Å². The lowest BCUT2D eigenvalue weighted by Gasteiger charge is -2.12. The van der Waals surface area contributed by atoms with Crippen molar-refractivity contribution in [2.75, 3.05) is 7.11 Å². The Hall–Kier alpha value is -1.94. The Kier molecular flexibility index (Phi) is 4.12. The van der Waals surface area contributed by atoms with E-state index in [9.17, 15) is 9.50 Å². The predicted molar refractivity (Wildman–Crippen MR) is 70.6 cm³/mol. The lowest BCUT2D eigenvalue weighted by atomic mass is 10.0. The van der Waals surface area contributed by atoms with Gasteiger partial charge in [-0.05, 0) is 30.7 Å². The van der Waals surface area contributed by atoms with Gasteiger partial charge in [-0.3, -0.25) is 4.98 Å². The maximum atomic E-state index is 13.8. The van der Waals surface area contributed by atoms with Gasteiger partial charge in [-0.25, -0.2) is 4.39 Å². The van der Waals surface area contributed by atoms with Gasteiger partial charge in [-0.15, -0.1) is 0 Å². The monoisotopic (exact) mass is 261 g/mol. The molecular weight excluding hydrogens is 245 g/mol. The van der Waals surface area contributed by atoms with Crippen LogP contribution in [0.5, 0.6) is 5.75 Å².